The van der Waals surface area contributed by atoms with Gasteiger partial charge in [-0.1, -0.05) is 13.8 Å². The molecule has 0 aromatic carbocycles. The maximum atomic E-state index is 4.54. The average molecular weight is 281 g/mol. The third kappa shape index (κ3) is 3.77. The molecule has 1 fully saturated rings. The molecule has 4 heteroatoms. The van der Waals surface area contributed by atoms with E-state index in [2.05, 4.69) is 36.4 Å². The first-order chi connectivity index (χ1) is 9.19. The Hall–Kier alpha value is -0.450. The maximum absolute atomic E-state index is 4.54. The Morgan fingerprint density at radius 3 is 2.74 bits per heavy atom. The lowest BCUT2D eigenvalue weighted by atomic mass is 9.76. The van der Waals surface area contributed by atoms with Gasteiger partial charge in [0, 0.05) is 17.6 Å². The molecule has 1 atom stereocenters. The lowest BCUT2D eigenvalue weighted by Crippen LogP contribution is -2.43. The molecule has 1 aromatic heterocycles. The Morgan fingerprint density at radius 2 is 2.16 bits per heavy atom. The minimum Gasteiger partial charge on any atom is -0.317 e. The zero-order valence-corrected chi connectivity index (χ0v) is 13.3. The minimum absolute atomic E-state index is 0.378. The van der Waals surface area contributed by atoms with Gasteiger partial charge in [-0.05, 0) is 51.1 Å². The van der Waals surface area contributed by atoms with E-state index in [4.69, 9.17) is 0 Å². The topological polar surface area (TPSA) is 37.0 Å². The van der Waals surface area contributed by atoms with E-state index in [-0.39, 0.29) is 0 Å². The third-order valence-electron chi connectivity index (χ3n) is 4.49. The summed E-state index contributed by atoms with van der Waals surface area (Å²) in [6.07, 6.45) is 6.97. The first kappa shape index (κ1) is 14.9. The summed E-state index contributed by atoms with van der Waals surface area (Å²) in [6, 6.07) is 0.378. The molecule has 1 aromatic rings. The first-order valence-corrected chi connectivity index (χ1v) is 8.39. The zero-order chi connectivity index (χ0) is 13.7. The van der Waals surface area contributed by atoms with E-state index < -0.39 is 0 Å². The summed E-state index contributed by atoms with van der Waals surface area (Å²) in [7, 11) is 0. The summed E-state index contributed by atoms with van der Waals surface area (Å²) in [6.45, 7) is 10.2. The molecular weight excluding hydrogens is 254 g/mol. The molecule has 0 bridgehead atoms. The highest BCUT2D eigenvalue weighted by atomic mass is 32.1. The largest absolute Gasteiger partial charge is 0.317 e. The Balaban J connectivity index is 1.89. The highest BCUT2D eigenvalue weighted by molar-refractivity contribution is 7.11. The third-order valence-corrected chi connectivity index (χ3v) is 5.81. The number of rotatable bonds is 6. The second-order valence-corrected chi connectivity index (χ2v) is 6.87. The molecule has 0 saturated carbocycles. The van der Waals surface area contributed by atoms with Crippen LogP contribution in [0.15, 0.2) is 6.20 Å². The van der Waals surface area contributed by atoms with E-state index in [1.165, 1.54) is 42.2 Å². The van der Waals surface area contributed by atoms with Gasteiger partial charge in [0.05, 0.1) is 6.04 Å². The molecule has 0 radical (unpaired) electrons. The van der Waals surface area contributed by atoms with Crippen molar-refractivity contribution in [3.8, 4) is 0 Å². The van der Waals surface area contributed by atoms with Crippen molar-refractivity contribution in [1.29, 1.82) is 0 Å². The van der Waals surface area contributed by atoms with Gasteiger partial charge in [0.25, 0.3) is 0 Å². The number of nitrogens with one attached hydrogen (secondary N) is 2. The van der Waals surface area contributed by atoms with Crippen LogP contribution < -0.4 is 10.6 Å². The lowest BCUT2D eigenvalue weighted by molar-refractivity contribution is 0.180. The summed E-state index contributed by atoms with van der Waals surface area (Å²) in [4.78, 5) is 5.93. The van der Waals surface area contributed by atoms with Crippen LogP contribution in [0.4, 0.5) is 0 Å². The fourth-order valence-electron chi connectivity index (χ4n) is 2.76. The van der Waals surface area contributed by atoms with Crippen LogP contribution >= 0.6 is 11.3 Å². The van der Waals surface area contributed by atoms with Crippen molar-refractivity contribution < 1.29 is 0 Å². The van der Waals surface area contributed by atoms with E-state index in [0.717, 1.165) is 13.0 Å². The number of aryl methyl sites for hydroxylation is 1. The minimum atomic E-state index is 0.378. The van der Waals surface area contributed by atoms with Gasteiger partial charge in [-0.2, -0.15) is 0 Å². The van der Waals surface area contributed by atoms with E-state index in [0.29, 0.717) is 11.5 Å². The SMILES string of the molecule is CCc1cnc(C(C)NCC2(CC)CCNCC2)s1. The van der Waals surface area contributed by atoms with Crippen LogP contribution in [0.25, 0.3) is 0 Å². The average Bonchev–Trinajstić information content (AvgIpc) is 2.95. The van der Waals surface area contributed by atoms with Crippen LogP contribution in [-0.4, -0.2) is 24.6 Å². The van der Waals surface area contributed by atoms with E-state index in [1.54, 1.807) is 0 Å². The van der Waals surface area contributed by atoms with Crippen molar-refractivity contribution in [2.75, 3.05) is 19.6 Å². The predicted octanol–water partition coefficient (Wildman–Crippen LogP) is 3.14. The summed E-state index contributed by atoms with van der Waals surface area (Å²) in [5, 5.41) is 8.42. The van der Waals surface area contributed by atoms with Gasteiger partial charge in [0.1, 0.15) is 5.01 Å². The molecule has 1 aliphatic rings. The van der Waals surface area contributed by atoms with E-state index in [9.17, 15) is 0 Å². The number of aromatic nitrogens is 1. The van der Waals surface area contributed by atoms with Gasteiger partial charge in [-0.3, -0.25) is 0 Å². The molecular formula is C15H27N3S. The molecule has 2 heterocycles. The lowest BCUT2D eigenvalue weighted by Gasteiger charge is -2.37. The molecule has 0 amide bonds. The van der Waals surface area contributed by atoms with Gasteiger partial charge in [0.15, 0.2) is 0 Å². The van der Waals surface area contributed by atoms with E-state index >= 15 is 0 Å². The normalized spacial score (nSPS) is 20.4. The van der Waals surface area contributed by atoms with Gasteiger partial charge < -0.3 is 10.6 Å². The number of hydrogen-bond acceptors (Lipinski definition) is 4. The Kier molecular flexibility index (Phi) is 5.37. The summed E-state index contributed by atoms with van der Waals surface area (Å²) in [5.74, 6) is 0. The van der Waals surface area contributed by atoms with Crippen molar-refractivity contribution in [2.24, 2.45) is 5.41 Å². The summed E-state index contributed by atoms with van der Waals surface area (Å²) < 4.78 is 0. The standard InChI is InChI=1S/C15H27N3S/c1-4-13-10-17-14(19-13)12(3)18-11-15(5-2)6-8-16-9-7-15/h10,12,16,18H,4-9,11H2,1-3H3. The fourth-order valence-corrected chi connectivity index (χ4v) is 3.64. The number of hydrogen-bond donors (Lipinski definition) is 2. The predicted molar refractivity (Wildman–Crippen MR) is 82.7 cm³/mol. The summed E-state index contributed by atoms with van der Waals surface area (Å²) >= 11 is 1.85. The number of thiazole rings is 1. The van der Waals surface area contributed by atoms with Crippen molar-refractivity contribution in [3.05, 3.63) is 16.1 Å². The molecule has 0 spiro atoms. The molecule has 108 valence electrons. The number of piperidine rings is 1. The summed E-state index contributed by atoms with van der Waals surface area (Å²) in [5.41, 5.74) is 0.490. The monoisotopic (exact) mass is 281 g/mol. The van der Waals surface area contributed by atoms with Crippen LogP contribution in [0, 0.1) is 5.41 Å². The van der Waals surface area contributed by atoms with Crippen LogP contribution in [0.1, 0.15) is 56.0 Å². The Bertz CT molecular complexity index is 382. The first-order valence-electron chi connectivity index (χ1n) is 7.58. The Labute approximate surface area is 121 Å². The van der Waals surface area contributed by atoms with Gasteiger partial charge in [0.2, 0.25) is 0 Å². The van der Waals surface area contributed by atoms with Crippen molar-refractivity contribution in [2.45, 2.75) is 52.5 Å². The van der Waals surface area contributed by atoms with E-state index in [1.807, 2.05) is 17.5 Å². The maximum Gasteiger partial charge on any atom is 0.109 e. The second kappa shape index (κ2) is 6.82. The zero-order valence-electron chi connectivity index (χ0n) is 12.5. The van der Waals surface area contributed by atoms with Crippen molar-refractivity contribution in [3.63, 3.8) is 0 Å². The Morgan fingerprint density at radius 1 is 1.42 bits per heavy atom. The van der Waals surface area contributed by atoms with Gasteiger partial charge in [-0.15, -0.1) is 11.3 Å². The van der Waals surface area contributed by atoms with Crippen molar-refractivity contribution in [1.82, 2.24) is 15.6 Å². The second-order valence-electron chi connectivity index (χ2n) is 5.72. The fraction of sp³-hybridized carbons (Fsp3) is 0.800. The molecule has 1 saturated heterocycles. The number of nitrogens with zero attached hydrogens (tertiary/aromatic N) is 1. The van der Waals surface area contributed by atoms with Crippen molar-refractivity contribution >= 4 is 11.3 Å². The highest BCUT2D eigenvalue weighted by Crippen LogP contribution is 2.32. The quantitative estimate of drug-likeness (QED) is 0.841. The van der Waals surface area contributed by atoms with Gasteiger partial charge >= 0.3 is 0 Å². The highest BCUT2D eigenvalue weighted by Gasteiger charge is 2.30. The van der Waals surface area contributed by atoms with Crippen LogP contribution in [0.5, 0.6) is 0 Å². The molecule has 19 heavy (non-hydrogen) atoms. The molecule has 3 nitrogen and oxygen atoms in total. The smallest absolute Gasteiger partial charge is 0.109 e. The van der Waals surface area contributed by atoms with Crippen LogP contribution in [0.3, 0.4) is 0 Å². The molecule has 2 rings (SSSR count). The van der Waals surface area contributed by atoms with Gasteiger partial charge in [-0.25, -0.2) is 4.98 Å². The molecule has 0 aliphatic carbocycles. The molecule has 1 aliphatic heterocycles. The molecule has 1 unspecified atom stereocenters. The van der Waals surface area contributed by atoms with Crippen LogP contribution in [0.2, 0.25) is 0 Å². The molecule has 2 N–H and O–H groups in total. The van der Waals surface area contributed by atoms with Crippen LogP contribution in [-0.2, 0) is 6.42 Å².